The van der Waals surface area contributed by atoms with E-state index in [2.05, 4.69) is 55.3 Å². The van der Waals surface area contributed by atoms with Crippen LogP contribution in [0.4, 0.5) is 5.95 Å². The first-order valence-electron chi connectivity index (χ1n) is 22.1. The van der Waals surface area contributed by atoms with E-state index in [4.69, 9.17) is 23.1 Å². The highest BCUT2D eigenvalue weighted by Crippen LogP contribution is 2.45. The summed E-state index contributed by atoms with van der Waals surface area (Å²) in [5, 5.41) is 5.49. The molecule has 1 saturated heterocycles. The van der Waals surface area contributed by atoms with Gasteiger partial charge in [-0.15, -0.1) is 0 Å². The molecule has 0 amide bonds. The maximum absolute atomic E-state index is 14.4. The number of nitrogens with zero attached hydrogens (tertiary/aromatic N) is 2. The quantitative estimate of drug-likeness (QED) is 0.0552. The molecule has 66 heavy (non-hydrogen) atoms. The van der Waals surface area contributed by atoms with E-state index in [1.54, 1.807) is 14.0 Å². The van der Waals surface area contributed by atoms with Crippen molar-refractivity contribution >= 4 is 56.4 Å². The summed E-state index contributed by atoms with van der Waals surface area (Å²) >= 11 is 0.758. The molecule has 0 bridgehead atoms. The van der Waals surface area contributed by atoms with Crippen LogP contribution in [0.3, 0.4) is 0 Å². The van der Waals surface area contributed by atoms with E-state index in [0.717, 1.165) is 44.7 Å². The van der Waals surface area contributed by atoms with Gasteiger partial charge in [0.2, 0.25) is 5.95 Å². The Hall–Kier alpha value is -5.68. The van der Waals surface area contributed by atoms with Crippen LogP contribution in [0, 0.1) is 5.92 Å². The SMILES string of the molecule is CCC(O[Si](c1ccccc1)(c1ccccc1)C(C)(C)C)[C@@H]1C[C@@H](C(C)OS(C)(=O)=O)[C@H](n2c(=O)sc3c(=O)[nH]c(NC(c4ccccc4)(c4ccccc4)c4ccc(OC)cc4)nc32)O1. The fourth-order valence-electron chi connectivity index (χ4n) is 9.65. The summed E-state index contributed by atoms with van der Waals surface area (Å²) in [6.07, 6.45) is -1.27. The van der Waals surface area contributed by atoms with Crippen molar-refractivity contribution in [1.82, 2.24) is 14.5 Å². The zero-order valence-corrected chi connectivity index (χ0v) is 40.8. The molecule has 3 heterocycles. The minimum Gasteiger partial charge on any atom is -0.497 e. The Bertz CT molecular complexity index is 2900. The third kappa shape index (κ3) is 8.95. The zero-order valence-electron chi connectivity index (χ0n) is 38.1. The Morgan fingerprint density at radius 2 is 1.35 bits per heavy atom. The number of H-pyrrole nitrogens is 1. The number of rotatable bonds is 16. The minimum absolute atomic E-state index is 0.0872. The van der Waals surface area contributed by atoms with Crippen LogP contribution in [0.5, 0.6) is 5.75 Å². The Morgan fingerprint density at radius 1 is 0.833 bits per heavy atom. The van der Waals surface area contributed by atoms with Gasteiger partial charge in [0.1, 0.15) is 22.2 Å². The van der Waals surface area contributed by atoms with Crippen molar-refractivity contribution in [1.29, 1.82) is 0 Å². The summed E-state index contributed by atoms with van der Waals surface area (Å²) in [5.41, 5.74) is 0.984. The molecule has 0 spiro atoms. The molecule has 0 radical (unpaired) electrons. The molecule has 344 valence electrons. The lowest BCUT2D eigenvalue weighted by Crippen LogP contribution is -2.68. The Kier molecular flexibility index (Phi) is 13.4. The van der Waals surface area contributed by atoms with Gasteiger partial charge < -0.3 is 19.2 Å². The zero-order chi connectivity index (χ0) is 46.9. The van der Waals surface area contributed by atoms with Crippen molar-refractivity contribution in [2.45, 2.75) is 82.6 Å². The number of benzene rings is 5. The molecule has 15 heteroatoms. The number of fused-ring (bicyclic) bond motifs is 1. The van der Waals surface area contributed by atoms with Crippen molar-refractivity contribution < 1.29 is 26.5 Å². The van der Waals surface area contributed by atoms with Gasteiger partial charge in [-0.05, 0) is 64.0 Å². The third-order valence-electron chi connectivity index (χ3n) is 12.6. The summed E-state index contributed by atoms with van der Waals surface area (Å²) in [6.45, 7) is 10.3. The van der Waals surface area contributed by atoms with E-state index in [0.29, 0.717) is 18.6 Å². The molecule has 2 unspecified atom stereocenters. The first kappa shape index (κ1) is 46.8. The van der Waals surface area contributed by atoms with Gasteiger partial charge in [0, 0.05) is 5.92 Å². The lowest BCUT2D eigenvalue weighted by Gasteiger charge is -2.46. The van der Waals surface area contributed by atoms with Crippen LogP contribution >= 0.6 is 11.3 Å². The lowest BCUT2D eigenvalue weighted by atomic mass is 9.77. The molecular formula is C51H56N4O8S2Si. The molecule has 8 rings (SSSR count). The third-order valence-corrected chi connectivity index (χ3v) is 19.3. The van der Waals surface area contributed by atoms with Gasteiger partial charge in [0.15, 0.2) is 5.65 Å². The summed E-state index contributed by atoms with van der Waals surface area (Å²) in [7, 11) is -5.43. The predicted molar refractivity (Wildman–Crippen MR) is 264 cm³/mol. The summed E-state index contributed by atoms with van der Waals surface area (Å²) in [4.78, 5) is 36.2. The fraction of sp³-hybridized carbons (Fsp3) is 0.314. The van der Waals surface area contributed by atoms with Crippen LogP contribution in [-0.4, -0.2) is 62.9 Å². The van der Waals surface area contributed by atoms with Crippen molar-refractivity contribution in [2.75, 3.05) is 18.7 Å². The number of ether oxygens (including phenoxy) is 2. The molecule has 12 nitrogen and oxygen atoms in total. The van der Waals surface area contributed by atoms with Crippen LogP contribution < -0.4 is 30.9 Å². The van der Waals surface area contributed by atoms with Gasteiger partial charge in [0.25, 0.3) is 24.0 Å². The predicted octanol–water partition coefficient (Wildman–Crippen LogP) is 8.18. The van der Waals surface area contributed by atoms with Crippen LogP contribution in [0.2, 0.25) is 5.04 Å². The molecular weight excluding hydrogens is 889 g/mol. The highest BCUT2D eigenvalue weighted by molar-refractivity contribution is 7.86. The smallest absolute Gasteiger partial charge is 0.311 e. The number of aromatic nitrogens is 3. The van der Waals surface area contributed by atoms with Gasteiger partial charge in [0.05, 0.1) is 31.7 Å². The van der Waals surface area contributed by atoms with Crippen LogP contribution in [0.1, 0.15) is 70.4 Å². The van der Waals surface area contributed by atoms with Crippen molar-refractivity contribution in [3.8, 4) is 5.75 Å². The number of thiazole rings is 1. The maximum atomic E-state index is 14.4. The Balaban J connectivity index is 1.26. The second-order valence-electron chi connectivity index (χ2n) is 17.8. The molecule has 1 aliphatic heterocycles. The number of anilines is 1. The second-order valence-corrected chi connectivity index (χ2v) is 24.7. The van der Waals surface area contributed by atoms with E-state index in [1.165, 1.54) is 4.57 Å². The number of hydrogen-bond acceptors (Lipinski definition) is 11. The first-order chi connectivity index (χ1) is 31.6. The van der Waals surface area contributed by atoms with E-state index < -0.39 is 64.9 Å². The maximum Gasteiger partial charge on any atom is 0.311 e. The standard InChI is InChI=1S/C51H56N4O8S2Si/c1-8-42(63-66(50(3,4)5,39-25-17-11-18-26-39)40-27-19-12-20-28-40)43-33-41(34(2)62-65(7,58)59)47(61-43)55-45-44(64-49(55)57)46(56)53-48(52-45)54-51(35-21-13-9-14-22-35,36-23-15-10-16-24-36)37-29-31-38(60-6)32-30-37/h9-32,34,41-43,47H,8,33H2,1-7H3,(H2,52,53,54,56)/t34?,41-,42?,43-,47+/m0/s1. The number of hydrogen-bond donors (Lipinski definition) is 2. The number of aromatic amines is 1. The molecule has 0 aliphatic carbocycles. The van der Waals surface area contributed by atoms with Gasteiger partial charge in [-0.3, -0.25) is 23.3 Å². The normalized spacial score (nSPS) is 18.0. The average molecular weight is 945 g/mol. The molecule has 2 N–H and O–H groups in total. The van der Waals surface area contributed by atoms with Crippen LogP contribution in [0.15, 0.2) is 155 Å². The second kappa shape index (κ2) is 18.9. The minimum atomic E-state index is -3.94. The number of methoxy groups -OCH3 is 1. The summed E-state index contributed by atoms with van der Waals surface area (Å²) in [5.74, 6) is 0.0851. The first-order valence-corrected chi connectivity index (χ1v) is 26.7. The largest absolute Gasteiger partial charge is 0.497 e. The average Bonchev–Trinajstić information content (AvgIpc) is 3.90. The molecule has 5 aromatic carbocycles. The summed E-state index contributed by atoms with van der Waals surface area (Å²) in [6, 6.07) is 48.0. The van der Waals surface area contributed by atoms with Crippen molar-refractivity contribution in [2.24, 2.45) is 5.92 Å². The molecule has 1 fully saturated rings. The van der Waals surface area contributed by atoms with Crippen molar-refractivity contribution in [3.05, 3.63) is 182 Å². The van der Waals surface area contributed by atoms with E-state index in [1.807, 2.05) is 128 Å². The van der Waals surface area contributed by atoms with Crippen molar-refractivity contribution in [3.63, 3.8) is 0 Å². The molecule has 1 aliphatic rings. The van der Waals surface area contributed by atoms with Gasteiger partial charge in [-0.25, -0.2) is 0 Å². The molecule has 7 aromatic rings. The van der Waals surface area contributed by atoms with E-state index >= 15 is 0 Å². The lowest BCUT2D eigenvalue weighted by molar-refractivity contribution is -0.0670. The molecule has 5 atom stereocenters. The number of nitrogens with one attached hydrogen (secondary N) is 2. The highest BCUT2D eigenvalue weighted by atomic mass is 32.2. The van der Waals surface area contributed by atoms with Gasteiger partial charge >= 0.3 is 4.87 Å². The van der Waals surface area contributed by atoms with Gasteiger partial charge in [-0.2, -0.15) is 13.4 Å². The topological polar surface area (TPSA) is 151 Å². The summed E-state index contributed by atoms with van der Waals surface area (Å²) < 4.78 is 52.9. The molecule has 2 aromatic heterocycles. The van der Waals surface area contributed by atoms with Crippen LogP contribution in [-0.2, 0) is 29.0 Å². The van der Waals surface area contributed by atoms with E-state index in [-0.39, 0.29) is 21.3 Å². The van der Waals surface area contributed by atoms with Crippen LogP contribution in [0.25, 0.3) is 10.3 Å². The highest BCUT2D eigenvalue weighted by Gasteiger charge is 2.54. The van der Waals surface area contributed by atoms with Gasteiger partial charge in [-0.1, -0.05) is 172 Å². The monoisotopic (exact) mass is 944 g/mol. The fourth-order valence-corrected chi connectivity index (χ4v) is 16.0. The Morgan fingerprint density at radius 3 is 1.83 bits per heavy atom. The molecule has 0 saturated carbocycles. The Labute approximate surface area is 390 Å². The van der Waals surface area contributed by atoms with E-state index in [9.17, 15) is 18.0 Å².